The Balaban J connectivity index is 2.79. The van der Waals surface area contributed by atoms with Crippen LogP contribution >= 0.6 is 0 Å². The highest BCUT2D eigenvalue weighted by atomic mass is 15.1. The largest absolute Gasteiger partial charge is 0.354 e. The summed E-state index contributed by atoms with van der Waals surface area (Å²) in [5.74, 6) is 0.735. The molecule has 0 spiro atoms. The Hall–Kier alpha value is -1.12. The van der Waals surface area contributed by atoms with Crippen LogP contribution in [0.2, 0.25) is 0 Å². The van der Waals surface area contributed by atoms with Crippen molar-refractivity contribution in [3.05, 3.63) is 18.0 Å². The van der Waals surface area contributed by atoms with Crippen molar-refractivity contribution in [1.82, 2.24) is 9.97 Å². The first kappa shape index (κ1) is 11.0. The highest BCUT2D eigenvalue weighted by Crippen LogP contribution is 2.19. The topological polar surface area (TPSA) is 37.8 Å². The van der Waals surface area contributed by atoms with Crippen LogP contribution < -0.4 is 5.32 Å². The molecule has 0 saturated carbocycles. The van der Waals surface area contributed by atoms with E-state index in [1.165, 1.54) is 0 Å². The van der Waals surface area contributed by atoms with Crippen molar-refractivity contribution >= 4 is 5.95 Å². The summed E-state index contributed by atoms with van der Waals surface area (Å²) in [5, 5.41) is 3.18. The summed E-state index contributed by atoms with van der Waals surface area (Å²) in [6.07, 6.45) is 2.90. The summed E-state index contributed by atoms with van der Waals surface area (Å²) in [6, 6.07) is 1.97. The Morgan fingerprint density at radius 2 is 2.07 bits per heavy atom. The maximum Gasteiger partial charge on any atom is 0.222 e. The van der Waals surface area contributed by atoms with E-state index in [1.54, 1.807) is 0 Å². The highest BCUT2D eigenvalue weighted by Gasteiger charge is 2.15. The number of nitrogens with one attached hydrogen (secondary N) is 1. The molecule has 0 saturated heterocycles. The predicted molar refractivity (Wildman–Crippen MR) is 59.5 cm³/mol. The van der Waals surface area contributed by atoms with Gasteiger partial charge < -0.3 is 5.32 Å². The molecule has 0 aromatic carbocycles. The van der Waals surface area contributed by atoms with E-state index in [2.05, 4.69) is 43.0 Å². The normalized spacial score (nSPS) is 11.4. The van der Waals surface area contributed by atoms with Crippen molar-refractivity contribution in [3.8, 4) is 0 Å². The van der Waals surface area contributed by atoms with Gasteiger partial charge in [-0.15, -0.1) is 0 Å². The molecule has 14 heavy (non-hydrogen) atoms. The number of hydrogen-bond donors (Lipinski definition) is 1. The molecule has 0 bridgehead atoms. The first-order valence-corrected chi connectivity index (χ1v) is 5.11. The lowest BCUT2D eigenvalue weighted by atomic mass is 9.92. The van der Waals surface area contributed by atoms with Gasteiger partial charge >= 0.3 is 0 Å². The molecule has 0 aliphatic carbocycles. The summed E-state index contributed by atoms with van der Waals surface area (Å²) in [6.45, 7) is 9.50. The minimum Gasteiger partial charge on any atom is -0.354 e. The molecular weight excluding hydrogens is 174 g/mol. The average Bonchev–Trinajstić information content (AvgIpc) is 2.14. The summed E-state index contributed by atoms with van der Waals surface area (Å²) in [7, 11) is 0. The van der Waals surface area contributed by atoms with Crippen molar-refractivity contribution in [3.63, 3.8) is 0 Å². The molecule has 1 aromatic rings. The molecule has 0 aliphatic rings. The molecule has 1 heterocycles. The number of rotatable bonds is 3. The van der Waals surface area contributed by atoms with Gasteiger partial charge in [0.15, 0.2) is 0 Å². The van der Waals surface area contributed by atoms with Crippen LogP contribution in [0.25, 0.3) is 0 Å². The van der Waals surface area contributed by atoms with Crippen LogP contribution in [-0.2, 0) is 5.41 Å². The third kappa shape index (κ3) is 2.98. The van der Waals surface area contributed by atoms with Crippen molar-refractivity contribution in [1.29, 1.82) is 0 Å². The van der Waals surface area contributed by atoms with Gasteiger partial charge in [0.2, 0.25) is 5.95 Å². The van der Waals surface area contributed by atoms with Crippen LogP contribution in [-0.4, -0.2) is 16.5 Å². The predicted octanol–water partition coefficient (Wildman–Crippen LogP) is 2.60. The number of anilines is 1. The standard InChI is InChI=1S/C11H19N3/c1-5-7-12-10-13-8-6-9(14-10)11(2,3)4/h6,8H,5,7H2,1-4H3,(H,12,13,14). The number of hydrogen-bond acceptors (Lipinski definition) is 3. The van der Waals surface area contributed by atoms with E-state index >= 15 is 0 Å². The second-order valence-electron chi connectivity index (χ2n) is 4.44. The zero-order chi connectivity index (χ0) is 10.6. The van der Waals surface area contributed by atoms with Gasteiger partial charge in [-0.05, 0) is 12.5 Å². The molecule has 1 aromatic heterocycles. The summed E-state index contributed by atoms with van der Waals surface area (Å²) >= 11 is 0. The maximum absolute atomic E-state index is 4.46. The van der Waals surface area contributed by atoms with Crippen LogP contribution in [0.3, 0.4) is 0 Å². The molecule has 0 fully saturated rings. The fourth-order valence-corrected chi connectivity index (χ4v) is 1.10. The van der Waals surface area contributed by atoms with Gasteiger partial charge in [-0.25, -0.2) is 9.97 Å². The molecule has 0 amide bonds. The molecule has 78 valence electrons. The van der Waals surface area contributed by atoms with Gasteiger partial charge in [-0.3, -0.25) is 0 Å². The molecular formula is C11H19N3. The zero-order valence-electron chi connectivity index (χ0n) is 9.46. The fraction of sp³-hybridized carbons (Fsp3) is 0.636. The second kappa shape index (κ2) is 4.40. The molecule has 3 nitrogen and oxygen atoms in total. The highest BCUT2D eigenvalue weighted by molar-refractivity contribution is 5.27. The lowest BCUT2D eigenvalue weighted by molar-refractivity contribution is 0.567. The van der Waals surface area contributed by atoms with E-state index in [0.29, 0.717) is 0 Å². The third-order valence-electron chi connectivity index (χ3n) is 1.96. The van der Waals surface area contributed by atoms with Crippen molar-refractivity contribution in [2.24, 2.45) is 0 Å². The van der Waals surface area contributed by atoms with E-state index in [9.17, 15) is 0 Å². The maximum atomic E-state index is 4.46. The van der Waals surface area contributed by atoms with Gasteiger partial charge in [-0.1, -0.05) is 27.7 Å². The minimum atomic E-state index is 0.0889. The Bertz CT molecular complexity index is 289. The quantitative estimate of drug-likeness (QED) is 0.801. The zero-order valence-corrected chi connectivity index (χ0v) is 9.46. The molecule has 0 aliphatic heterocycles. The van der Waals surface area contributed by atoms with Gasteiger partial charge in [-0.2, -0.15) is 0 Å². The van der Waals surface area contributed by atoms with E-state index in [-0.39, 0.29) is 5.41 Å². The first-order chi connectivity index (χ1) is 6.54. The van der Waals surface area contributed by atoms with Crippen molar-refractivity contribution in [2.75, 3.05) is 11.9 Å². The summed E-state index contributed by atoms with van der Waals surface area (Å²) < 4.78 is 0. The molecule has 0 radical (unpaired) electrons. The average molecular weight is 193 g/mol. The van der Waals surface area contributed by atoms with E-state index in [0.717, 1.165) is 24.6 Å². The second-order valence-corrected chi connectivity index (χ2v) is 4.44. The van der Waals surface area contributed by atoms with Gasteiger partial charge in [0.05, 0.1) is 5.69 Å². The molecule has 3 heteroatoms. The third-order valence-corrected chi connectivity index (χ3v) is 1.96. The SMILES string of the molecule is CCCNc1nccc(C(C)(C)C)n1. The summed E-state index contributed by atoms with van der Waals surface area (Å²) in [4.78, 5) is 8.63. The van der Waals surface area contributed by atoms with E-state index in [1.807, 2.05) is 12.3 Å². The van der Waals surface area contributed by atoms with Crippen LogP contribution in [0.1, 0.15) is 39.8 Å². The number of aromatic nitrogens is 2. The molecule has 1 rings (SSSR count). The summed E-state index contributed by atoms with van der Waals surface area (Å²) in [5.41, 5.74) is 1.16. The van der Waals surface area contributed by atoms with Gasteiger partial charge in [0.25, 0.3) is 0 Å². The smallest absolute Gasteiger partial charge is 0.222 e. The lowest BCUT2D eigenvalue weighted by Gasteiger charge is -2.17. The van der Waals surface area contributed by atoms with Crippen LogP contribution in [0, 0.1) is 0 Å². The Morgan fingerprint density at radius 1 is 1.36 bits per heavy atom. The van der Waals surface area contributed by atoms with Crippen LogP contribution in [0.4, 0.5) is 5.95 Å². The van der Waals surface area contributed by atoms with E-state index < -0.39 is 0 Å². The Kier molecular flexibility index (Phi) is 3.44. The Morgan fingerprint density at radius 3 is 2.64 bits per heavy atom. The molecule has 0 unspecified atom stereocenters. The van der Waals surface area contributed by atoms with Crippen molar-refractivity contribution in [2.45, 2.75) is 39.5 Å². The Labute approximate surface area is 86.0 Å². The number of nitrogens with zero attached hydrogens (tertiary/aromatic N) is 2. The van der Waals surface area contributed by atoms with E-state index in [4.69, 9.17) is 0 Å². The van der Waals surface area contributed by atoms with Crippen LogP contribution in [0.5, 0.6) is 0 Å². The molecule has 1 N–H and O–H groups in total. The lowest BCUT2D eigenvalue weighted by Crippen LogP contribution is -2.15. The minimum absolute atomic E-state index is 0.0889. The van der Waals surface area contributed by atoms with Crippen LogP contribution in [0.15, 0.2) is 12.3 Å². The monoisotopic (exact) mass is 193 g/mol. The fourth-order valence-electron chi connectivity index (χ4n) is 1.10. The van der Waals surface area contributed by atoms with Gasteiger partial charge in [0.1, 0.15) is 0 Å². The molecule has 0 atom stereocenters. The first-order valence-electron chi connectivity index (χ1n) is 5.11. The van der Waals surface area contributed by atoms with Gasteiger partial charge in [0, 0.05) is 18.2 Å². The van der Waals surface area contributed by atoms with Crippen molar-refractivity contribution < 1.29 is 0 Å².